The molecule has 1 saturated carbocycles. The van der Waals surface area contributed by atoms with Crippen LogP contribution in [0, 0.1) is 11.8 Å². The van der Waals surface area contributed by atoms with Crippen LogP contribution in [0.5, 0.6) is 0 Å². The molecule has 0 radical (unpaired) electrons. The predicted molar refractivity (Wildman–Crippen MR) is 67.6 cm³/mol. The molecular formula is C13H25NO4. The molecular weight excluding hydrogens is 234 g/mol. The maximum Gasteiger partial charge on any atom is 0.0704 e. The Balaban J connectivity index is 1.41. The summed E-state index contributed by atoms with van der Waals surface area (Å²) in [5, 5.41) is 8.51. The Labute approximate surface area is 109 Å². The highest BCUT2D eigenvalue weighted by Crippen LogP contribution is 2.41. The van der Waals surface area contributed by atoms with Gasteiger partial charge in [-0.15, -0.1) is 0 Å². The fourth-order valence-electron chi connectivity index (χ4n) is 2.90. The second kappa shape index (κ2) is 7.40. The zero-order chi connectivity index (χ0) is 12.8. The molecule has 3 unspecified atom stereocenters. The highest BCUT2D eigenvalue weighted by Gasteiger charge is 2.46. The maximum atomic E-state index is 8.51. The summed E-state index contributed by atoms with van der Waals surface area (Å²) in [5.74, 6) is 1.62. The average Bonchev–Trinajstić information content (AvgIpc) is 2.64. The molecule has 18 heavy (non-hydrogen) atoms. The van der Waals surface area contributed by atoms with E-state index in [1.807, 2.05) is 0 Å². The third kappa shape index (κ3) is 3.90. The summed E-state index contributed by atoms with van der Waals surface area (Å²) in [4.78, 5) is 2.40. The second-order valence-electron chi connectivity index (χ2n) is 5.24. The summed E-state index contributed by atoms with van der Waals surface area (Å²) in [6.45, 7) is 5.31. The lowest BCUT2D eigenvalue weighted by atomic mass is 9.73. The van der Waals surface area contributed by atoms with Gasteiger partial charge in [0.1, 0.15) is 0 Å². The SMILES string of the molecule is CN1CC2CC(OCCOCCOCCO)C2C1. The van der Waals surface area contributed by atoms with Crippen LogP contribution in [0.2, 0.25) is 0 Å². The monoisotopic (exact) mass is 259 g/mol. The van der Waals surface area contributed by atoms with Crippen LogP contribution in [-0.4, -0.2) is 75.9 Å². The van der Waals surface area contributed by atoms with Crippen molar-refractivity contribution in [2.75, 3.05) is 59.8 Å². The first-order chi connectivity index (χ1) is 8.81. The lowest BCUT2D eigenvalue weighted by molar-refractivity contribution is -0.0849. The molecule has 2 rings (SSSR count). The summed E-state index contributed by atoms with van der Waals surface area (Å²) >= 11 is 0. The summed E-state index contributed by atoms with van der Waals surface area (Å²) in [6, 6.07) is 0. The normalized spacial score (nSPS) is 31.3. The molecule has 1 N–H and O–H groups in total. The van der Waals surface area contributed by atoms with Crippen molar-refractivity contribution in [2.45, 2.75) is 12.5 Å². The van der Waals surface area contributed by atoms with Crippen LogP contribution in [0.3, 0.4) is 0 Å². The molecule has 0 spiro atoms. The Morgan fingerprint density at radius 3 is 2.50 bits per heavy atom. The standard InChI is InChI=1S/C13H25NO4/c1-14-9-11-8-13(12(11)10-14)18-7-6-17-5-4-16-3-2-15/h11-13,15H,2-10H2,1H3. The van der Waals surface area contributed by atoms with Gasteiger partial charge in [-0.2, -0.15) is 0 Å². The number of nitrogens with zero attached hydrogens (tertiary/aromatic N) is 1. The zero-order valence-corrected chi connectivity index (χ0v) is 11.2. The number of hydrogen-bond acceptors (Lipinski definition) is 5. The van der Waals surface area contributed by atoms with Crippen LogP contribution in [0.4, 0.5) is 0 Å². The maximum absolute atomic E-state index is 8.51. The van der Waals surface area contributed by atoms with Crippen molar-refractivity contribution < 1.29 is 19.3 Å². The molecule has 0 aromatic carbocycles. The molecule has 3 atom stereocenters. The molecule has 2 fully saturated rings. The van der Waals surface area contributed by atoms with Crippen molar-refractivity contribution in [3.05, 3.63) is 0 Å². The average molecular weight is 259 g/mol. The number of aliphatic hydroxyl groups is 1. The van der Waals surface area contributed by atoms with Gasteiger partial charge < -0.3 is 24.2 Å². The van der Waals surface area contributed by atoms with E-state index < -0.39 is 0 Å². The summed E-state index contributed by atoms with van der Waals surface area (Å²) in [6.07, 6.45) is 1.67. The van der Waals surface area contributed by atoms with E-state index in [1.54, 1.807) is 0 Å². The highest BCUT2D eigenvalue weighted by molar-refractivity contribution is 4.97. The van der Waals surface area contributed by atoms with Crippen LogP contribution in [-0.2, 0) is 14.2 Å². The van der Waals surface area contributed by atoms with E-state index in [0.29, 0.717) is 39.1 Å². The van der Waals surface area contributed by atoms with Gasteiger partial charge in [0.2, 0.25) is 0 Å². The van der Waals surface area contributed by atoms with E-state index in [-0.39, 0.29) is 6.61 Å². The quantitative estimate of drug-likeness (QED) is 0.590. The van der Waals surface area contributed by atoms with Crippen molar-refractivity contribution >= 4 is 0 Å². The van der Waals surface area contributed by atoms with Crippen molar-refractivity contribution in [1.82, 2.24) is 4.90 Å². The fraction of sp³-hybridized carbons (Fsp3) is 1.00. The van der Waals surface area contributed by atoms with Gasteiger partial charge in [0.05, 0.1) is 45.7 Å². The van der Waals surface area contributed by atoms with Gasteiger partial charge in [-0.1, -0.05) is 0 Å². The first-order valence-electron chi connectivity index (χ1n) is 6.87. The lowest BCUT2D eigenvalue weighted by Gasteiger charge is -2.39. The van der Waals surface area contributed by atoms with Crippen LogP contribution >= 0.6 is 0 Å². The molecule has 0 bridgehead atoms. The molecule has 0 aromatic heterocycles. The van der Waals surface area contributed by atoms with Gasteiger partial charge in [0.25, 0.3) is 0 Å². The minimum atomic E-state index is 0.0712. The Hall–Kier alpha value is -0.200. The Morgan fingerprint density at radius 1 is 1.06 bits per heavy atom. The smallest absolute Gasteiger partial charge is 0.0704 e. The van der Waals surface area contributed by atoms with Crippen LogP contribution in [0.15, 0.2) is 0 Å². The summed E-state index contributed by atoms with van der Waals surface area (Å²) in [7, 11) is 2.19. The van der Waals surface area contributed by atoms with E-state index in [4.69, 9.17) is 19.3 Å². The molecule has 0 amide bonds. The van der Waals surface area contributed by atoms with Crippen molar-refractivity contribution in [3.8, 4) is 0 Å². The predicted octanol–water partition coefficient (Wildman–Crippen LogP) is -0.0214. The molecule has 1 aliphatic heterocycles. The second-order valence-corrected chi connectivity index (χ2v) is 5.24. The molecule has 1 aliphatic carbocycles. The Morgan fingerprint density at radius 2 is 1.78 bits per heavy atom. The van der Waals surface area contributed by atoms with Crippen molar-refractivity contribution in [3.63, 3.8) is 0 Å². The molecule has 2 aliphatic rings. The van der Waals surface area contributed by atoms with Gasteiger partial charge in [0.15, 0.2) is 0 Å². The number of hydrogen-bond donors (Lipinski definition) is 1. The molecule has 1 heterocycles. The number of likely N-dealkylation sites (tertiary alicyclic amines) is 1. The van der Waals surface area contributed by atoms with Crippen LogP contribution in [0.1, 0.15) is 6.42 Å². The molecule has 1 saturated heterocycles. The first-order valence-corrected chi connectivity index (χ1v) is 6.87. The van der Waals surface area contributed by atoms with E-state index in [0.717, 1.165) is 11.8 Å². The van der Waals surface area contributed by atoms with E-state index in [9.17, 15) is 0 Å². The number of ether oxygens (including phenoxy) is 3. The first kappa shape index (κ1) is 14.2. The van der Waals surface area contributed by atoms with E-state index in [1.165, 1.54) is 19.5 Å². The zero-order valence-electron chi connectivity index (χ0n) is 11.2. The molecule has 5 heteroatoms. The van der Waals surface area contributed by atoms with Gasteiger partial charge in [0, 0.05) is 19.0 Å². The van der Waals surface area contributed by atoms with Crippen molar-refractivity contribution in [2.24, 2.45) is 11.8 Å². The van der Waals surface area contributed by atoms with Gasteiger partial charge in [-0.05, 0) is 19.4 Å². The van der Waals surface area contributed by atoms with Gasteiger partial charge in [-0.25, -0.2) is 0 Å². The highest BCUT2D eigenvalue weighted by atomic mass is 16.5. The third-order valence-electron chi connectivity index (χ3n) is 3.85. The van der Waals surface area contributed by atoms with Crippen LogP contribution in [0.25, 0.3) is 0 Å². The topological polar surface area (TPSA) is 51.2 Å². The third-order valence-corrected chi connectivity index (χ3v) is 3.85. The van der Waals surface area contributed by atoms with E-state index in [2.05, 4.69) is 11.9 Å². The lowest BCUT2D eigenvalue weighted by Crippen LogP contribution is -2.42. The Bertz CT molecular complexity index is 239. The molecule has 106 valence electrons. The molecule has 0 aromatic rings. The minimum Gasteiger partial charge on any atom is -0.394 e. The Kier molecular flexibility index (Phi) is 5.85. The fourth-order valence-corrected chi connectivity index (χ4v) is 2.90. The van der Waals surface area contributed by atoms with Gasteiger partial charge in [-0.3, -0.25) is 0 Å². The van der Waals surface area contributed by atoms with Crippen LogP contribution < -0.4 is 0 Å². The van der Waals surface area contributed by atoms with Crippen molar-refractivity contribution in [1.29, 1.82) is 0 Å². The van der Waals surface area contributed by atoms with E-state index >= 15 is 0 Å². The minimum absolute atomic E-state index is 0.0712. The largest absolute Gasteiger partial charge is 0.394 e. The molecule has 5 nitrogen and oxygen atoms in total. The van der Waals surface area contributed by atoms with Gasteiger partial charge >= 0.3 is 0 Å². The number of rotatable bonds is 9. The number of fused-ring (bicyclic) bond motifs is 1. The number of aliphatic hydroxyl groups excluding tert-OH is 1. The summed E-state index contributed by atoms with van der Waals surface area (Å²) in [5.41, 5.74) is 0. The summed E-state index contributed by atoms with van der Waals surface area (Å²) < 4.78 is 16.3.